The smallest absolute Gasteiger partial charge is 0.303 e. The number of carbonyl (C=O) groups excluding carboxylic acids is 2. The molecule has 0 spiro atoms. The number of hydrogen-bond donors (Lipinski definition) is 2. The lowest BCUT2D eigenvalue weighted by atomic mass is 9.95. The van der Waals surface area contributed by atoms with Crippen LogP contribution in [0.5, 0.6) is 0 Å². The van der Waals surface area contributed by atoms with Crippen molar-refractivity contribution in [3.05, 3.63) is 76.1 Å². The molecule has 3 rings (SSSR count). The highest BCUT2D eigenvalue weighted by atomic mass is 35.5. The number of rotatable bonds is 8. The molecule has 2 aromatic rings. The van der Waals surface area contributed by atoms with Crippen LogP contribution in [0, 0.1) is 5.82 Å². The van der Waals surface area contributed by atoms with Crippen LogP contribution in [0.2, 0.25) is 5.02 Å². The molecule has 1 saturated heterocycles. The Kier molecular flexibility index (Phi) is 7.07. The van der Waals surface area contributed by atoms with Crippen molar-refractivity contribution in [3.63, 3.8) is 0 Å². The number of ketones is 1. The van der Waals surface area contributed by atoms with Crippen molar-refractivity contribution in [3.8, 4) is 0 Å². The van der Waals surface area contributed by atoms with Gasteiger partial charge < -0.3 is 15.1 Å². The van der Waals surface area contributed by atoms with Gasteiger partial charge in [0.25, 0.3) is 11.7 Å². The molecule has 162 valence electrons. The highest BCUT2D eigenvalue weighted by Gasteiger charge is 2.46. The quantitative estimate of drug-likeness (QED) is 0.269. The van der Waals surface area contributed by atoms with E-state index in [0.717, 1.165) is 12.1 Å². The normalized spacial score (nSPS) is 17.9. The number of carbonyl (C=O) groups is 3. The molecule has 2 N–H and O–H groups in total. The minimum absolute atomic E-state index is 0.0251. The molecule has 0 radical (unpaired) electrons. The first kappa shape index (κ1) is 22.5. The maximum atomic E-state index is 13.3. The lowest BCUT2D eigenvalue weighted by Crippen LogP contribution is -2.30. The van der Waals surface area contributed by atoms with E-state index in [9.17, 15) is 23.9 Å². The maximum absolute atomic E-state index is 13.3. The summed E-state index contributed by atoms with van der Waals surface area (Å²) in [6.07, 6.45) is 1.52. The van der Waals surface area contributed by atoms with Crippen molar-refractivity contribution >= 4 is 35.0 Å². The zero-order valence-electron chi connectivity index (χ0n) is 16.6. The summed E-state index contributed by atoms with van der Waals surface area (Å²) in [4.78, 5) is 37.7. The van der Waals surface area contributed by atoms with E-state index in [2.05, 4.69) is 0 Å². The number of aliphatic hydroxyl groups is 1. The molecular formula is C23H21ClFNO5. The number of aliphatic hydroxyl groups excluding tert-OH is 1. The third kappa shape index (κ3) is 4.94. The fourth-order valence-corrected chi connectivity index (χ4v) is 3.87. The van der Waals surface area contributed by atoms with Gasteiger partial charge in [-0.05, 0) is 48.7 Å². The minimum Gasteiger partial charge on any atom is -0.507 e. The van der Waals surface area contributed by atoms with Gasteiger partial charge in [-0.25, -0.2) is 4.39 Å². The summed E-state index contributed by atoms with van der Waals surface area (Å²) < 4.78 is 13.3. The second-order valence-corrected chi connectivity index (χ2v) is 7.63. The molecule has 0 saturated carbocycles. The average Bonchev–Trinajstić information content (AvgIpc) is 2.98. The van der Waals surface area contributed by atoms with Crippen molar-refractivity contribution in [1.82, 2.24) is 4.90 Å². The maximum Gasteiger partial charge on any atom is 0.303 e. The molecule has 0 aliphatic carbocycles. The molecule has 1 aliphatic heterocycles. The first-order valence-electron chi connectivity index (χ1n) is 9.82. The number of likely N-dealkylation sites (tertiary alicyclic amines) is 1. The number of aliphatic carboxylic acids is 1. The van der Waals surface area contributed by atoms with Crippen LogP contribution < -0.4 is 0 Å². The lowest BCUT2D eigenvalue weighted by molar-refractivity contribution is -0.140. The largest absolute Gasteiger partial charge is 0.507 e. The second-order valence-electron chi connectivity index (χ2n) is 7.23. The molecule has 6 nitrogen and oxygen atoms in total. The summed E-state index contributed by atoms with van der Waals surface area (Å²) >= 11 is 6.35. The van der Waals surface area contributed by atoms with Gasteiger partial charge in [0.05, 0.1) is 11.6 Å². The molecule has 0 bridgehead atoms. The number of Topliss-reactive ketones (excluding diaryl/α,β-unsaturated/α-hetero) is 1. The number of carboxylic acid groups (broad SMARTS) is 1. The van der Waals surface area contributed by atoms with Crippen LogP contribution in [0.4, 0.5) is 4.39 Å². The summed E-state index contributed by atoms with van der Waals surface area (Å²) in [5, 5.41) is 20.0. The van der Waals surface area contributed by atoms with Crippen LogP contribution in [0.25, 0.3) is 5.76 Å². The Morgan fingerprint density at radius 1 is 1.00 bits per heavy atom. The van der Waals surface area contributed by atoms with E-state index < -0.39 is 35.3 Å². The Morgan fingerprint density at radius 2 is 1.68 bits per heavy atom. The molecule has 31 heavy (non-hydrogen) atoms. The van der Waals surface area contributed by atoms with E-state index in [4.69, 9.17) is 16.7 Å². The molecule has 1 aliphatic rings. The molecule has 1 fully saturated rings. The number of benzene rings is 2. The number of hydrogen-bond acceptors (Lipinski definition) is 4. The van der Waals surface area contributed by atoms with E-state index in [1.807, 2.05) is 0 Å². The van der Waals surface area contributed by atoms with Crippen LogP contribution in [0.3, 0.4) is 0 Å². The summed E-state index contributed by atoms with van der Waals surface area (Å²) in [7, 11) is 0. The van der Waals surface area contributed by atoms with Gasteiger partial charge in [-0.2, -0.15) is 0 Å². The number of nitrogens with zero attached hydrogens (tertiary/aromatic N) is 1. The SMILES string of the molecule is O=C(O)CCCCCN1C(=O)C(=O)C(=C(O)c2ccc(F)cc2)[C@H]1c1ccccc1Cl. The first-order valence-corrected chi connectivity index (χ1v) is 10.2. The first-order chi connectivity index (χ1) is 14.8. The van der Waals surface area contributed by atoms with Crippen LogP contribution in [-0.4, -0.2) is 39.3 Å². The Morgan fingerprint density at radius 3 is 2.32 bits per heavy atom. The van der Waals surface area contributed by atoms with Crippen LogP contribution in [0.15, 0.2) is 54.1 Å². The Labute approximate surface area is 183 Å². The minimum atomic E-state index is -0.904. The fourth-order valence-electron chi connectivity index (χ4n) is 3.63. The summed E-state index contributed by atoms with van der Waals surface area (Å²) in [5.74, 6) is -3.42. The predicted octanol–water partition coefficient (Wildman–Crippen LogP) is 4.55. The van der Waals surface area contributed by atoms with Gasteiger partial charge in [0.2, 0.25) is 0 Å². The third-order valence-corrected chi connectivity index (χ3v) is 5.49. The van der Waals surface area contributed by atoms with Crippen molar-refractivity contribution < 1.29 is 29.0 Å². The highest BCUT2D eigenvalue weighted by molar-refractivity contribution is 6.47. The van der Waals surface area contributed by atoms with Crippen LogP contribution in [-0.2, 0) is 14.4 Å². The summed E-state index contributed by atoms with van der Waals surface area (Å²) in [5.41, 5.74) is 0.575. The summed E-state index contributed by atoms with van der Waals surface area (Å²) in [6.45, 7) is 0.195. The highest BCUT2D eigenvalue weighted by Crippen LogP contribution is 2.41. The zero-order chi connectivity index (χ0) is 22.5. The van der Waals surface area contributed by atoms with Crippen molar-refractivity contribution in [2.45, 2.75) is 31.7 Å². The van der Waals surface area contributed by atoms with Crippen molar-refractivity contribution in [2.24, 2.45) is 0 Å². The lowest BCUT2D eigenvalue weighted by Gasteiger charge is -2.26. The Bertz CT molecular complexity index is 1030. The van der Waals surface area contributed by atoms with Gasteiger partial charge in [-0.15, -0.1) is 0 Å². The van der Waals surface area contributed by atoms with Crippen LogP contribution >= 0.6 is 11.6 Å². The van der Waals surface area contributed by atoms with Gasteiger partial charge in [0.1, 0.15) is 11.6 Å². The number of halogens is 2. The topological polar surface area (TPSA) is 94.9 Å². The molecule has 2 aromatic carbocycles. The molecule has 0 aromatic heterocycles. The fraction of sp³-hybridized carbons (Fsp3) is 0.261. The van der Waals surface area contributed by atoms with E-state index in [1.165, 1.54) is 17.0 Å². The predicted molar refractivity (Wildman–Crippen MR) is 113 cm³/mol. The van der Waals surface area contributed by atoms with E-state index in [0.29, 0.717) is 29.8 Å². The van der Waals surface area contributed by atoms with E-state index >= 15 is 0 Å². The number of carboxylic acids is 1. The van der Waals surface area contributed by atoms with Crippen molar-refractivity contribution in [2.75, 3.05) is 6.54 Å². The van der Waals surface area contributed by atoms with Gasteiger partial charge in [-0.3, -0.25) is 14.4 Å². The van der Waals surface area contributed by atoms with Crippen LogP contribution in [0.1, 0.15) is 42.9 Å². The molecule has 1 heterocycles. The van der Waals surface area contributed by atoms with Gasteiger partial charge in [0, 0.05) is 23.6 Å². The van der Waals surface area contributed by atoms with Gasteiger partial charge >= 0.3 is 5.97 Å². The number of unbranched alkanes of at least 4 members (excludes halogenated alkanes) is 2. The second kappa shape index (κ2) is 9.75. The molecule has 8 heteroatoms. The molecule has 1 amide bonds. The van der Waals surface area contributed by atoms with Gasteiger partial charge in [-0.1, -0.05) is 36.2 Å². The number of amides is 1. The van der Waals surface area contributed by atoms with Gasteiger partial charge in [0.15, 0.2) is 0 Å². The van der Waals surface area contributed by atoms with Crippen molar-refractivity contribution in [1.29, 1.82) is 0 Å². The standard InChI is InChI=1S/C23H21ClFNO5/c24-17-7-4-3-6-16(17)20-19(21(29)14-9-11-15(25)12-10-14)22(30)23(31)26(20)13-5-1-2-8-18(27)28/h3-4,6-7,9-12,20,29H,1-2,5,8,13H2,(H,27,28)/t20-/m1/s1. The monoisotopic (exact) mass is 445 g/mol. The Hall–Kier alpha value is -3.19. The average molecular weight is 446 g/mol. The molecule has 1 atom stereocenters. The molecule has 0 unspecified atom stereocenters. The Balaban J connectivity index is 1.99. The van der Waals surface area contributed by atoms with E-state index in [-0.39, 0.29) is 24.1 Å². The van der Waals surface area contributed by atoms with E-state index in [1.54, 1.807) is 24.3 Å². The third-order valence-electron chi connectivity index (χ3n) is 5.15. The summed E-state index contributed by atoms with van der Waals surface area (Å²) in [6, 6.07) is 10.8. The zero-order valence-corrected chi connectivity index (χ0v) is 17.3. The molecular weight excluding hydrogens is 425 g/mol.